The Morgan fingerprint density at radius 2 is 0.851 bits per heavy atom. The Morgan fingerprint density at radius 1 is 0.362 bits per heavy atom. The summed E-state index contributed by atoms with van der Waals surface area (Å²) in [5, 5.41) is 8.97. The quantitative estimate of drug-likeness (QED) is 0.201. The molecule has 0 bridgehead atoms. The number of nitrogens with zero attached hydrogens (tertiary/aromatic N) is 1. The van der Waals surface area contributed by atoms with E-state index in [1.807, 2.05) is 6.07 Å². The molecule has 10 aromatic rings. The number of benzene rings is 8. The molecule has 0 aliphatic carbocycles. The standard InChI is InChI=1S/C44H27NO2/c1-3-11-28(12-4-1)29-19-21-35(22-20-29)45(34-17-5-2-6-18-34)38-27-41-42(36-23-30-13-7-9-15-32(30)25-39(36)46-41)43-37-24-31-14-8-10-16-33(31)26-40(37)47-44(38)43/h1-27H. The summed E-state index contributed by atoms with van der Waals surface area (Å²) >= 11 is 0. The molecule has 0 radical (unpaired) electrons. The Hall–Kier alpha value is -6.32. The number of fused-ring (bicyclic) bond motifs is 9. The van der Waals surface area contributed by atoms with Gasteiger partial charge in [-0.15, -0.1) is 0 Å². The van der Waals surface area contributed by atoms with Gasteiger partial charge in [0, 0.05) is 39.0 Å². The van der Waals surface area contributed by atoms with Crippen LogP contribution in [-0.2, 0) is 0 Å². The molecule has 0 saturated carbocycles. The molecule has 0 fully saturated rings. The van der Waals surface area contributed by atoms with Crippen LogP contribution in [0.4, 0.5) is 17.1 Å². The first-order valence-electron chi connectivity index (χ1n) is 15.9. The molecule has 8 aromatic carbocycles. The average molecular weight is 602 g/mol. The molecule has 47 heavy (non-hydrogen) atoms. The highest BCUT2D eigenvalue weighted by atomic mass is 16.3. The predicted octanol–water partition coefficient (Wildman–Crippen LogP) is 12.9. The minimum atomic E-state index is 0.828. The molecule has 0 saturated heterocycles. The van der Waals surface area contributed by atoms with E-state index in [1.54, 1.807) is 0 Å². The lowest BCUT2D eigenvalue weighted by molar-refractivity contribution is 0.663. The number of para-hydroxylation sites is 1. The van der Waals surface area contributed by atoms with Gasteiger partial charge in [-0.25, -0.2) is 0 Å². The topological polar surface area (TPSA) is 29.5 Å². The largest absolute Gasteiger partial charge is 0.456 e. The van der Waals surface area contributed by atoms with Crippen molar-refractivity contribution in [3.05, 3.63) is 164 Å². The van der Waals surface area contributed by atoms with Crippen molar-refractivity contribution < 1.29 is 8.83 Å². The fourth-order valence-electron chi connectivity index (χ4n) is 7.17. The summed E-state index contributed by atoms with van der Waals surface area (Å²) in [5.41, 5.74) is 8.73. The normalized spacial score (nSPS) is 11.8. The molecule has 0 unspecified atom stereocenters. The molecule has 10 rings (SSSR count). The van der Waals surface area contributed by atoms with Crippen LogP contribution in [0, 0.1) is 0 Å². The number of anilines is 3. The summed E-state index contributed by atoms with van der Waals surface area (Å²) in [6.45, 7) is 0. The molecule has 0 aliphatic heterocycles. The van der Waals surface area contributed by atoms with Crippen LogP contribution in [0.15, 0.2) is 173 Å². The number of furan rings is 2. The maximum atomic E-state index is 6.94. The first-order valence-corrected chi connectivity index (χ1v) is 15.9. The number of rotatable bonds is 4. The van der Waals surface area contributed by atoms with E-state index in [4.69, 9.17) is 8.83 Å². The Morgan fingerprint density at radius 3 is 1.49 bits per heavy atom. The van der Waals surface area contributed by atoms with E-state index in [9.17, 15) is 0 Å². The van der Waals surface area contributed by atoms with Crippen molar-refractivity contribution in [1.82, 2.24) is 0 Å². The molecule has 0 atom stereocenters. The zero-order valence-corrected chi connectivity index (χ0v) is 25.4. The van der Waals surface area contributed by atoms with Crippen molar-refractivity contribution in [2.24, 2.45) is 0 Å². The van der Waals surface area contributed by atoms with Crippen molar-refractivity contribution >= 4 is 82.5 Å². The van der Waals surface area contributed by atoms with Crippen LogP contribution in [0.1, 0.15) is 0 Å². The van der Waals surface area contributed by atoms with Gasteiger partial charge in [0.2, 0.25) is 0 Å². The maximum absolute atomic E-state index is 6.94. The Kier molecular flexibility index (Phi) is 5.57. The van der Waals surface area contributed by atoms with E-state index in [2.05, 4.69) is 163 Å². The lowest BCUT2D eigenvalue weighted by Crippen LogP contribution is -2.10. The van der Waals surface area contributed by atoms with Crippen LogP contribution in [0.2, 0.25) is 0 Å². The van der Waals surface area contributed by atoms with Gasteiger partial charge in [0.25, 0.3) is 0 Å². The van der Waals surface area contributed by atoms with E-state index >= 15 is 0 Å². The summed E-state index contributed by atoms with van der Waals surface area (Å²) in [5.74, 6) is 0. The zero-order valence-electron chi connectivity index (χ0n) is 25.4. The molecule has 3 heteroatoms. The van der Waals surface area contributed by atoms with Crippen LogP contribution >= 0.6 is 0 Å². The van der Waals surface area contributed by atoms with Gasteiger partial charge in [-0.2, -0.15) is 0 Å². The van der Waals surface area contributed by atoms with Gasteiger partial charge in [0.15, 0.2) is 5.58 Å². The van der Waals surface area contributed by atoms with Crippen molar-refractivity contribution in [2.45, 2.75) is 0 Å². The molecule has 0 amide bonds. The lowest BCUT2D eigenvalue weighted by atomic mass is 10.00. The molecule has 2 aromatic heterocycles. The second-order valence-electron chi connectivity index (χ2n) is 12.2. The third-order valence-electron chi connectivity index (χ3n) is 9.38. The summed E-state index contributed by atoms with van der Waals surface area (Å²) < 4.78 is 13.7. The predicted molar refractivity (Wildman–Crippen MR) is 196 cm³/mol. The van der Waals surface area contributed by atoms with Crippen molar-refractivity contribution in [3.8, 4) is 11.1 Å². The molecule has 220 valence electrons. The Bertz CT molecular complexity index is 2770. The van der Waals surface area contributed by atoms with Crippen LogP contribution in [-0.4, -0.2) is 0 Å². The fourth-order valence-corrected chi connectivity index (χ4v) is 7.17. The lowest BCUT2D eigenvalue weighted by Gasteiger charge is -2.25. The Labute approximate surface area is 270 Å². The summed E-state index contributed by atoms with van der Waals surface area (Å²) in [4.78, 5) is 2.28. The van der Waals surface area contributed by atoms with Gasteiger partial charge in [-0.05, 0) is 81.2 Å². The van der Waals surface area contributed by atoms with Gasteiger partial charge in [-0.3, -0.25) is 0 Å². The second-order valence-corrected chi connectivity index (χ2v) is 12.2. The van der Waals surface area contributed by atoms with Crippen molar-refractivity contribution in [2.75, 3.05) is 4.90 Å². The highest BCUT2D eigenvalue weighted by molar-refractivity contribution is 6.30. The van der Waals surface area contributed by atoms with Gasteiger partial charge < -0.3 is 13.7 Å². The number of hydrogen-bond donors (Lipinski definition) is 0. The molecule has 0 N–H and O–H groups in total. The Balaban J connectivity index is 1.31. The summed E-state index contributed by atoms with van der Waals surface area (Å²) in [6.07, 6.45) is 0. The van der Waals surface area contributed by atoms with Crippen molar-refractivity contribution in [1.29, 1.82) is 0 Å². The summed E-state index contributed by atoms with van der Waals surface area (Å²) in [7, 11) is 0. The third kappa shape index (κ3) is 4.07. The van der Waals surface area contributed by atoms with Gasteiger partial charge in [0.05, 0.1) is 5.69 Å². The minimum absolute atomic E-state index is 0.828. The first-order chi connectivity index (χ1) is 23.3. The monoisotopic (exact) mass is 601 g/mol. The number of hydrogen-bond acceptors (Lipinski definition) is 3. The molecular formula is C44H27NO2. The molecule has 0 aliphatic rings. The second kappa shape index (κ2) is 10.1. The van der Waals surface area contributed by atoms with Crippen LogP contribution < -0.4 is 4.90 Å². The van der Waals surface area contributed by atoms with E-state index in [-0.39, 0.29) is 0 Å². The summed E-state index contributed by atoms with van der Waals surface area (Å²) in [6, 6.07) is 57.7. The molecule has 0 spiro atoms. The van der Waals surface area contributed by atoms with Crippen LogP contribution in [0.25, 0.3) is 76.5 Å². The smallest absolute Gasteiger partial charge is 0.160 e. The molecular weight excluding hydrogens is 574 g/mol. The third-order valence-corrected chi connectivity index (χ3v) is 9.38. The maximum Gasteiger partial charge on any atom is 0.160 e. The van der Waals surface area contributed by atoms with E-state index in [1.165, 1.54) is 21.9 Å². The minimum Gasteiger partial charge on any atom is -0.456 e. The average Bonchev–Trinajstić information content (AvgIpc) is 3.68. The van der Waals surface area contributed by atoms with E-state index in [0.29, 0.717) is 0 Å². The fraction of sp³-hybridized carbons (Fsp3) is 0. The molecule has 3 nitrogen and oxygen atoms in total. The van der Waals surface area contributed by atoms with Gasteiger partial charge in [-0.1, -0.05) is 109 Å². The van der Waals surface area contributed by atoms with Crippen LogP contribution in [0.5, 0.6) is 0 Å². The SMILES string of the molecule is c1ccc(-c2ccc(N(c3ccccc3)c3cc4oc5cc6ccccc6cc5c4c4c3oc3cc5ccccc5cc34)cc2)cc1. The highest BCUT2D eigenvalue weighted by Gasteiger charge is 2.25. The van der Waals surface area contributed by atoms with Crippen LogP contribution in [0.3, 0.4) is 0 Å². The zero-order chi connectivity index (χ0) is 30.9. The van der Waals surface area contributed by atoms with E-state index < -0.39 is 0 Å². The highest BCUT2D eigenvalue weighted by Crippen LogP contribution is 2.49. The van der Waals surface area contributed by atoms with E-state index in [0.717, 1.165) is 71.7 Å². The molecule has 2 heterocycles. The van der Waals surface area contributed by atoms with Gasteiger partial charge in [0.1, 0.15) is 16.7 Å². The first kappa shape index (κ1) is 26.0. The van der Waals surface area contributed by atoms with Crippen molar-refractivity contribution in [3.63, 3.8) is 0 Å². The van der Waals surface area contributed by atoms with Gasteiger partial charge >= 0.3 is 0 Å².